The summed E-state index contributed by atoms with van der Waals surface area (Å²) in [7, 11) is -0.756. The van der Waals surface area contributed by atoms with Gasteiger partial charge in [0.25, 0.3) is 5.91 Å². The minimum absolute atomic E-state index is 0.0000273. The molecule has 27 heavy (non-hydrogen) atoms. The first-order valence-electron chi connectivity index (χ1n) is 7.86. The van der Waals surface area contributed by atoms with Crippen LogP contribution in [0.15, 0.2) is 41.4 Å². The van der Waals surface area contributed by atoms with Crippen LogP contribution in [0.1, 0.15) is 15.4 Å². The summed E-state index contributed by atoms with van der Waals surface area (Å²) in [6, 6.07) is 7.23. The lowest BCUT2D eigenvalue weighted by Crippen LogP contribution is -2.18. The van der Waals surface area contributed by atoms with Gasteiger partial charge in [-0.1, -0.05) is 0 Å². The van der Waals surface area contributed by atoms with Gasteiger partial charge < -0.3 is 4.57 Å². The summed E-state index contributed by atoms with van der Waals surface area (Å²) in [4.78, 5) is 17.8. The van der Waals surface area contributed by atoms with Crippen LogP contribution >= 0.6 is 11.3 Å². The van der Waals surface area contributed by atoms with Gasteiger partial charge in [0, 0.05) is 23.7 Å². The largest absolute Gasteiger partial charge is 0.345 e. The molecule has 0 aliphatic carbocycles. The second-order valence-corrected chi connectivity index (χ2v) is 8.85. The van der Waals surface area contributed by atoms with E-state index >= 15 is 0 Å². The second-order valence-electron chi connectivity index (χ2n) is 5.76. The van der Waals surface area contributed by atoms with Crippen molar-refractivity contribution in [2.75, 3.05) is 12.4 Å². The Labute approximate surface area is 159 Å². The highest BCUT2D eigenvalue weighted by Gasteiger charge is 2.20. The van der Waals surface area contributed by atoms with E-state index in [0.29, 0.717) is 10.8 Å². The molecule has 1 aromatic carbocycles. The molecule has 142 valence electrons. The molecule has 10 heteroatoms. The Morgan fingerprint density at radius 3 is 2.56 bits per heavy atom. The molecule has 0 spiro atoms. The summed E-state index contributed by atoms with van der Waals surface area (Å²) >= 11 is 1.28. The predicted molar refractivity (Wildman–Crippen MR) is 102 cm³/mol. The fourth-order valence-electron chi connectivity index (χ4n) is 2.51. The third kappa shape index (κ3) is 3.92. The molecule has 0 fully saturated rings. The van der Waals surface area contributed by atoms with Crippen LogP contribution < -0.4 is 10.0 Å². The topological polar surface area (TPSA) is 93.1 Å². The zero-order valence-electron chi connectivity index (χ0n) is 14.8. The summed E-state index contributed by atoms with van der Waals surface area (Å²) in [5.74, 6) is -0.814. The number of halogens is 1. The molecular formula is C17H17FN4O3S2. The lowest BCUT2D eigenvalue weighted by atomic mass is 10.1. The van der Waals surface area contributed by atoms with Crippen LogP contribution in [0.2, 0.25) is 0 Å². The van der Waals surface area contributed by atoms with Gasteiger partial charge in [0.05, 0.1) is 5.69 Å². The smallest absolute Gasteiger partial charge is 0.274 e. The number of carbonyl (C=O) groups excluding carboxylic acids is 1. The van der Waals surface area contributed by atoms with Gasteiger partial charge in [0.1, 0.15) is 16.4 Å². The molecule has 0 saturated carbocycles. The first-order valence-corrected chi connectivity index (χ1v) is 10.2. The summed E-state index contributed by atoms with van der Waals surface area (Å²) < 4.78 is 40.5. The highest BCUT2D eigenvalue weighted by atomic mass is 32.2. The van der Waals surface area contributed by atoms with Gasteiger partial charge in [-0.15, -0.1) is 11.3 Å². The van der Waals surface area contributed by atoms with Gasteiger partial charge in [-0.3, -0.25) is 10.1 Å². The fraction of sp³-hybridized carbons (Fsp3) is 0.176. The number of hydrogen-bond acceptors (Lipinski definition) is 5. The fourth-order valence-corrected chi connectivity index (χ4v) is 4.14. The van der Waals surface area contributed by atoms with Crippen molar-refractivity contribution in [3.8, 4) is 11.3 Å². The van der Waals surface area contributed by atoms with Crippen LogP contribution in [0, 0.1) is 12.7 Å². The quantitative estimate of drug-likeness (QED) is 0.679. The van der Waals surface area contributed by atoms with E-state index in [0.717, 1.165) is 10.4 Å². The molecule has 0 aliphatic rings. The molecule has 3 rings (SSSR count). The number of rotatable bonds is 5. The molecule has 1 amide bonds. The minimum atomic E-state index is -3.64. The molecule has 2 N–H and O–H groups in total. The van der Waals surface area contributed by atoms with E-state index in [4.69, 9.17) is 0 Å². The summed E-state index contributed by atoms with van der Waals surface area (Å²) in [5.41, 5.74) is 1.58. The van der Waals surface area contributed by atoms with Gasteiger partial charge in [-0.25, -0.2) is 22.5 Å². The number of aryl methyl sites for hydroxylation is 2. The number of benzene rings is 1. The third-order valence-corrected chi connectivity index (χ3v) is 6.19. The maximum absolute atomic E-state index is 13.1. The maximum atomic E-state index is 13.1. The lowest BCUT2D eigenvalue weighted by Gasteiger charge is -2.02. The molecule has 0 saturated heterocycles. The van der Waals surface area contributed by atoms with Crippen molar-refractivity contribution < 1.29 is 17.6 Å². The van der Waals surface area contributed by atoms with Gasteiger partial charge in [0.2, 0.25) is 10.0 Å². The molecule has 0 unspecified atom stereocenters. The van der Waals surface area contributed by atoms with Gasteiger partial charge in [-0.05, 0) is 44.3 Å². The molecule has 2 heterocycles. The number of thiazole rings is 1. The number of nitrogens with one attached hydrogen (secondary N) is 2. The normalized spacial score (nSPS) is 11.6. The van der Waals surface area contributed by atoms with Crippen LogP contribution in [0.5, 0.6) is 0 Å². The van der Waals surface area contributed by atoms with Gasteiger partial charge >= 0.3 is 0 Å². The van der Waals surface area contributed by atoms with Crippen molar-refractivity contribution in [2.45, 2.75) is 11.8 Å². The minimum Gasteiger partial charge on any atom is -0.345 e. The van der Waals surface area contributed by atoms with Crippen LogP contribution in [0.25, 0.3) is 11.3 Å². The highest BCUT2D eigenvalue weighted by molar-refractivity contribution is 7.89. The van der Waals surface area contributed by atoms with Crippen molar-refractivity contribution in [3.05, 3.63) is 52.9 Å². The Balaban J connectivity index is 1.85. The number of carbonyl (C=O) groups is 1. The average Bonchev–Trinajstić information content (AvgIpc) is 3.19. The van der Waals surface area contributed by atoms with Crippen LogP contribution in [-0.2, 0) is 17.1 Å². The van der Waals surface area contributed by atoms with E-state index in [1.807, 2.05) is 6.92 Å². The van der Waals surface area contributed by atoms with Crippen LogP contribution in [0.3, 0.4) is 0 Å². The number of aromatic nitrogens is 2. The SMILES string of the molecule is CNS(=O)(=O)c1cc(C(=O)Nc2nc(-c3ccc(F)cc3)c(C)s2)n(C)c1. The molecule has 2 aromatic heterocycles. The van der Waals surface area contributed by atoms with E-state index in [-0.39, 0.29) is 16.4 Å². The number of sulfonamides is 1. The van der Waals surface area contributed by atoms with Crippen molar-refractivity contribution in [3.63, 3.8) is 0 Å². The number of nitrogens with zero attached hydrogens (tertiary/aromatic N) is 2. The zero-order valence-corrected chi connectivity index (χ0v) is 16.4. The van der Waals surface area contributed by atoms with E-state index < -0.39 is 15.9 Å². The molecule has 0 atom stereocenters. The molecule has 0 radical (unpaired) electrons. The van der Waals surface area contributed by atoms with Crippen molar-refractivity contribution in [2.24, 2.45) is 7.05 Å². The Morgan fingerprint density at radius 2 is 1.93 bits per heavy atom. The highest BCUT2D eigenvalue weighted by Crippen LogP contribution is 2.30. The number of amides is 1. The van der Waals surface area contributed by atoms with E-state index in [1.54, 1.807) is 19.2 Å². The Kier molecular flexibility index (Phi) is 5.13. The van der Waals surface area contributed by atoms with Crippen molar-refractivity contribution in [1.29, 1.82) is 0 Å². The van der Waals surface area contributed by atoms with E-state index in [9.17, 15) is 17.6 Å². The van der Waals surface area contributed by atoms with Crippen LogP contribution in [0.4, 0.5) is 9.52 Å². The van der Waals surface area contributed by atoms with Gasteiger partial charge in [-0.2, -0.15) is 0 Å². The Hall–Kier alpha value is -2.56. The molecule has 7 nitrogen and oxygen atoms in total. The molecule has 0 aliphatic heterocycles. The first-order chi connectivity index (χ1) is 12.7. The maximum Gasteiger partial charge on any atom is 0.274 e. The number of anilines is 1. The average molecular weight is 408 g/mol. The second kappa shape index (κ2) is 7.22. The number of hydrogen-bond donors (Lipinski definition) is 2. The summed E-state index contributed by atoms with van der Waals surface area (Å²) in [6.45, 7) is 1.85. The summed E-state index contributed by atoms with van der Waals surface area (Å²) in [5, 5.41) is 3.05. The van der Waals surface area contributed by atoms with E-state index in [1.165, 1.54) is 47.3 Å². The molecule has 0 bridgehead atoms. The monoisotopic (exact) mass is 408 g/mol. The van der Waals surface area contributed by atoms with Crippen molar-refractivity contribution >= 4 is 32.4 Å². The summed E-state index contributed by atoms with van der Waals surface area (Å²) in [6.07, 6.45) is 1.36. The van der Waals surface area contributed by atoms with Crippen molar-refractivity contribution in [1.82, 2.24) is 14.3 Å². The first kappa shape index (κ1) is 19.2. The standard InChI is InChI=1S/C17H17FN4O3S2/c1-10-15(11-4-6-12(18)7-5-11)20-17(26-10)21-16(23)14-8-13(9-22(14)3)27(24,25)19-2/h4-9,19H,1-3H3,(H,20,21,23). The lowest BCUT2D eigenvalue weighted by molar-refractivity contribution is 0.101. The zero-order chi connectivity index (χ0) is 19.8. The molecular weight excluding hydrogens is 391 g/mol. The predicted octanol–water partition coefficient (Wildman–Crippen LogP) is 2.76. The van der Waals surface area contributed by atoms with Gasteiger partial charge in [0.15, 0.2) is 5.13 Å². The molecule has 3 aromatic rings. The van der Waals surface area contributed by atoms with Crippen LogP contribution in [-0.4, -0.2) is 30.9 Å². The third-order valence-electron chi connectivity index (χ3n) is 3.93. The Morgan fingerprint density at radius 1 is 1.26 bits per heavy atom. The van der Waals surface area contributed by atoms with E-state index in [2.05, 4.69) is 15.0 Å². The Bertz CT molecular complexity index is 1100.